The molecule has 132 valence electrons. The molecule has 1 fully saturated rings. The second kappa shape index (κ2) is 6.25. The van der Waals surface area contributed by atoms with E-state index in [9.17, 15) is 14.4 Å². The maximum Gasteiger partial charge on any atom is 0.255 e. The van der Waals surface area contributed by atoms with Crippen molar-refractivity contribution >= 4 is 17.7 Å². The van der Waals surface area contributed by atoms with Gasteiger partial charge in [-0.2, -0.15) is 0 Å². The zero-order valence-corrected chi connectivity index (χ0v) is 14.2. The third-order valence-corrected chi connectivity index (χ3v) is 4.79. The lowest BCUT2D eigenvalue weighted by molar-refractivity contribution is -0.136. The van der Waals surface area contributed by atoms with E-state index in [1.165, 1.54) is 4.90 Å². The minimum absolute atomic E-state index is 0.186. The Morgan fingerprint density at radius 3 is 2.85 bits per heavy atom. The van der Waals surface area contributed by atoms with Crippen LogP contribution in [0.25, 0.3) is 11.3 Å². The highest BCUT2D eigenvalue weighted by Gasteiger charge is 2.39. The molecular formula is C19H17N3O4. The number of methoxy groups -OCH3 is 1. The number of nitrogens with one attached hydrogen (secondary N) is 1. The van der Waals surface area contributed by atoms with Crippen LogP contribution in [0.4, 0.5) is 0 Å². The monoisotopic (exact) mass is 351 g/mol. The topological polar surface area (TPSA) is 88.6 Å². The lowest BCUT2D eigenvalue weighted by atomic mass is 10.0. The van der Waals surface area contributed by atoms with Crippen LogP contribution in [-0.2, 0) is 16.1 Å². The van der Waals surface area contributed by atoms with Crippen LogP contribution in [0, 0.1) is 0 Å². The molecule has 3 heterocycles. The van der Waals surface area contributed by atoms with Crippen LogP contribution in [0.2, 0.25) is 0 Å². The normalized spacial score (nSPS) is 19.3. The van der Waals surface area contributed by atoms with E-state index in [1.54, 1.807) is 25.4 Å². The van der Waals surface area contributed by atoms with E-state index in [4.69, 9.17) is 4.74 Å². The van der Waals surface area contributed by atoms with Gasteiger partial charge in [-0.1, -0.05) is 6.07 Å². The van der Waals surface area contributed by atoms with Crippen LogP contribution in [0.1, 0.15) is 28.8 Å². The number of aromatic nitrogens is 1. The van der Waals surface area contributed by atoms with Gasteiger partial charge in [0.2, 0.25) is 11.8 Å². The standard InChI is InChI=1S/C19H17N3O4/c1-26-15-3-2-8-20-17(15)11-4-5-13-12(9-11)10-22(19(13)25)14-6-7-16(23)21-18(14)24/h2-5,8-9,14H,6-7,10H2,1H3,(H,21,23,24). The van der Waals surface area contributed by atoms with Crippen molar-refractivity contribution in [3.8, 4) is 17.0 Å². The Bertz CT molecular complexity index is 925. The van der Waals surface area contributed by atoms with E-state index in [0.717, 1.165) is 11.1 Å². The highest BCUT2D eigenvalue weighted by molar-refractivity contribution is 6.05. The predicted molar refractivity (Wildman–Crippen MR) is 92.3 cm³/mol. The summed E-state index contributed by atoms with van der Waals surface area (Å²) in [4.78, 5) is 42.1. The zero-order valence-electron chi connectivity index (χ0n) is 14.2. The molecule has 7 nitrogen and oxygen atoms in total. The lowest BCUT2D eigenvalue weighted by Gasteiger charge is -2.29. The maximum absolute atomic E-state index is 12.7. The van der Waals surface area contributed by atoms with Gasteiger partial charge in [0, 0.05) is 30.3 Å². The first-order chi connectivity index (χ1) is 12.6. The molecule has 1 aromatic carbocycles. The molecule has 1 saturated heterocycles. The molecule has 2 aliphatic heterocycles. The van der Waals surface area contributed by atoms with Crippen LogP contribution in [0.15, 0.2) is 36.5 Å². The van der Waals surface area contributed by atoms with Crippen molar-refractivity contribution in [2.45, 2.75) is 25.4 Å². The van der Waals surface area contributed by atoms with Gasteiger partial charge in [0.15, 0.2) is 0 Å². The molecule has 1 unspecified atom stereocenters. The summed E-state index contributed by atoms with van der Waals surface area (Å²) >= 11 is 0. The number of rotatable bonds is 3. The Hall–Kier alpha value is -3.22. The van der Waals surface area contributed by atoms with E-state index < -0.39 is 11.9 Å². The summed E-state index contributed by atoms with van der Waals surface area (Å²) in [6.07, 6.45) is 2.28. The van der Waals surface area contributed by atoms with Crippen molar-refractivity contribution < 1.29 is 19.1 Å². The average Bonchev–Trinajstić information content (AvgIpc) is 2.97. The van der Waals surface area contributed by atoms with Gasteiger partial charge in [-0.3, -0.25) is 24.7 Å². The summed E-state index contributed by atoms with van der Waals surface area (Å²) < 4.78 is 5.36. The number of hydrogen-bond donors (Lipinski definition) is 1. The van der Waals surface area contributed by atoms with E-state index >= 15 is 0 Å². The Labute approximate surface area is 150 Å². The SMILES string of the molecule is COc1cccnc1-c1ccc2c(c1)CN(C1CCC(=O)NC1=O)C2=O. The lowest BCUT2D eigenvalue weighted by Crippen LogP contribution is -2.52. The van der Waals surface area contributed by atoms with Gasteiger partial charge < -0.3 is 9.64 Å². The van der Waals surface area contributed by atoms with Gasteiger partial charge in [-0.05, 0) is 36.2 Å². The second-order valence-corrected chi connectivity index (χ2v) is 6.33. The molecule has 0 bridgehead atoms. The van der Waals surface area contributed by atoms with Crippen molar-refractivity contribution in [1.29, 1.82) is 0 Å². The first kappa shape index (κ1) is 16.3. The summed E-state index contributed by atoms with van der Waals surface area (Å²) in [6, 6.07) is 8.51. The number of amides is 3. The molecule has 1 atom stereocenters. The number of benzene rings is 1. The van der Waals surface area contributed by atoms with E-state index in [2.05, 4.69) is 10.3 Å². The number of carbonyl (C=O) groups is 3. The van der Waals surface area contributed by atoms with Gasteiger partial charge in [0.1, 0.15) is 17.5 Å². The summed E-state index contributed by atoms with van der Waals surface area (Å²) in [5.41, 5.74) is 2.96. The summed E-state index contributed by atoms with van der Waals surface area (Å²) in [5.74, 6) is -0.234. The van der Waals surface area contributed by atoms with E-state index in [0.29, 0.717) is 30.0 Å². The van der Waals surface area contributed by atoms with Gasteiger partial charge in [-0.15, -0.1) is 0 Å². The van der Waals surface area contributed by atoms with E-state index in [1.807, 2.05) is 18.2 Å². The fraction of sp³-hybridized carbons (Fsp3) is 0.263. The van der Waals surface area contributed by atoms with Crippen LogP contribution in [0.3, 0.4) is 0 Å². The quantitative estimate of drug-likeness (QED) is 0.847. The molecule has 7 heteroatoms. The molecule has 0 aliphatic carbocycles. The van der Waals surface area contributed by atoms with Gasteiger partial charge in [0.05, 0.1) is 7.11 Å². The number of hydrogen-bond acceptors (Lipinski definition) is 5. The molecule has 0 radical (unpaired) electrons. The summed E-state index contributed by atoms with van der Waals surface area (Å²) in [5, 5.41) is 2.31. The molecule has 4 rings (SSSR count). The number of nitrogens with zero attached hydrogens (tertiary/aromatic N) is 2. The molecule has 0 saturated carbocycles. The van der Waals surface area contributed by atoms with Crippen molar-refractivity contribution in [3.05, 3.63) is 47.7 Å². The van der Waals surface area contributed by atoms with Crippen LogP contribution >= 0.6 is 0 Å². The number of imide groups is 1. The van der Waals surface area contributed by atoms with Crippen molar-refractivity contribution in [1.82, 2.24) is 15.2 Å². The van der Waals surface area contributed by atoms with Crippen LogP contribution in [-0.4, -0.2) is 40.8 Å². The van der Waals surface area contributed by atoms with Crippen LogP contribution < -0.4 is 10.1 Å². The predicted octanol–water partition coefficient (Wildman–Crippen LogP) is 1.52. The van der Waals surface area contributed by atoms with Crippen molar-refractivity contribution in [3.63, 3.8) is 0 Å². The molecular weight excluding hydrogens is 334 g/mol. The first-order valence-electron chi connectivity index (χ1n) is 8.35. The molecule has 26 heavy (non-hydrogen) atoms. The molecule has 2 aliphatic rings. The summed E-state index contributed by atoms with van der Waals surface area (Å²) in [6.45, 7) is 0.337. The fourth-order valence-corrected chi connectivity index (χ4v) is 3.49. The first-order valence-corrected chi connectivity index (χ1v) is 8.35. The fourth-order valence-electron chi connectivity index (χ4n) is 3.49. The summed E-state index contributed by atoms with van der Waals surface area (Å²) in [7, 11) is 1.59. The minimum atomic E-state index is -0.611. The highest BCUT2D eigenvalue weighted by atomic mass is 16.5. The maximum atomic E-state index is 12.7. The van der Waals surface area contributed by atoms with Gasteiger partial charge in [-0.25, -0.2) is 0 Å². The third kappa shape index (κ3) is 2.61. The Kier molecular flexibility index (Phi) is 3.91. The Balaban J connectivity index is 1.65. The third-order valence-electron chi connectivity index (χ3n) is 4.79. The van der Waals surface area contributed by atoms with Crippen LogP contribution in [0.5, 0.6) is 5.75 Å². The number of piperidine rings is 1. The van der Waals surface area contributed by atoms with Gasteiger partial charge in [0.25, 0.3) is 5.91 Å². The Morgan fingerprint density at radius 1 is 1.23 bits per heavy atom. The van der Waals surface area contributed by atoms with Gasteiger partial charge >= 0.3 is 0 Å². The smallest absolute Gasteiger partial charge is 0.255 e. The Morgan fingerprint density at radius 2 is 2.08 bits per heavy atom. The molecule has 1 aromatic heterocycles. The molecule has 1 N–H and O–H groups in total. The highest BCUT2D eigenvalue weighted by Crippen LogP contribution is 2.33. The number of carbonyl (C=O) groups excluding carboxylic acids is 3. The second-order valence-electron chi connectivity index (χ2n) is 6.33. The average molecular weight is 351 g/mol. The minimum Gasteiger partial charge on any atom is -0.494 e. The number of pyridine rings is 1. The van der Waals surface area contributed by atoms with Crippen molar-refractivity contribution in [2.75, 3.05) is 7.11 Å². The molecule has 0 spiro atoms. The molecule has 2 aromatic rings. The van der Waals surface area contributed by atoms with Crippen molar-refractivity contribution in [2.24, 2.45) is 0 Å². The molecule has 3 amide bonds. The zero-order chi connectivity index (χ0) is 18.3. The number of fused-ring (bicyclic) bond motifs is 1. The van der Waals surface area contributed by atoms with E-state index in [-0.39, 0.29) is 18.2 Å². The number of ether oxygens (including phenoxy) is 1. The largest absolute Gasteiger partial charge is 0.494 e.